The fourth-order valence-electron chi connectivity index (χ4n) is 1.12. The van der Waals surface area contributed by atoms with E-state index in [1.54, 1.807) is 7.11 Å². The van der Waals surface area contributed by atoms with Gasteiger partial charge in [0.15, 0.2) is 9.76 Å². The molecule has 1 heterocycles. The van der Waals surface area contributed by atoms with E-state index in [1.165, 1.54) is 19.3 Å². The van der Waals surface area contributed by atoms with Gasteiger partial charge in [-0.2, -0.15) is 0 Å². The third kappa shape index (κ3) is 4.03. The summed E-state index contributed by atoms with van der Waals surface area (Å²) in [7, 11) is 1.44. The predicted octanol–water partition coefficient (Wildman–Crippen LogP) is -0.673. The van der Waals surface area contributed by atoms with E-state index in [2.05, 4.69) is 0 Å². The first kappa shape index (κ1) is 11.0. The summed E-state index contributed by atoms with van der Waals surface area (Å²) < 4.78 is 10.6. The van der Waals surface area contributed by atoms with E-state index in [9.17, 15) is 0 Å². The van der Waals surface area contributed by atoms with Gasteiger partial charge in [0.05, 0.1) is 5.73 Å². The molecule has 0 aliphatic carbocycles. The van der Waals surface area contributed by atoms with Gasteiger partial charge in [0, 0.05) is 13.7 Å². The van der Waals surface area contributed by atoms with Crippen LogP contribution in [-0.4, -0.2) is 55.8 Å². The summed E-state index contributed by atoms with van der Waals surface area (Å²) in [6.45, 7) is 0.959. The van der Waals surface area contributed by atoms with Crippen molar-refractivity contribution in [2.45, 2.75) is 25.0 Å². The van der Waals surface area contributed by atoms with Gasteiger partial charge < -0.3 is 9.16 Å². The molecule has 0 saturated carbocycles. The van der Waals surface area contributed by atoms with Crippen molar-refractivity contribution in [2.75, 3.05) is 13.7 Å². The second-order valence-corrected chi connectivity index (χ2v) is 4.27. The Balaban J connectivity index is 0.000000810. The Morgan fingerprint density at radius 1 is 1.50 bits per heavy atom. The van der Waals surface area contributed by atoms with Crippen LogP contribution >= 0.6 is 0 Å². The molecule has 1 unspecified atom stereocenters. The Bertz CT molecular complexity index is 73.4. The average Bonchev–Trinajstić information content (AvgIpc) is 1.91. The van der Waals surface area contributed by atoms with E-state index in [1.807, 2.05) is 0 Å². The fourth-order valence-corrected chi connectivity index (χ4v) is 2.21. The van der Waals surface area contributed by atoms with Gasteiger partial charge in [-0.15, -0.1) is 0 Å². The van der Waals surface area contributed by atoms with Crippen LogP contribution in [-0.2, 0) is 9.16 Å². The molecular weight excluding hydrogens is 341 g/mol. The van der Waals surface area contributed by atoms with Crippen LogP contribution in [0.2, 0.25) is 0 Å². The topological polar surface area (TPSA) is 18.5 Å². The summed E-state index contributed by atoms with van der Waals surface area (Å²) >= 11 is 0. The molecule has 1 aliphatic rings. The molecule has 0 aromatic carbocycles. The molecule has 2 nitrogen and oxygen atoms in total. The van der Waals surface area contributed by atoms with Gasteiger partial charge >= 0.3 is 26.6 Å². The number of ether oxygens (including phenoxy) is 1. The van der Waals surface area contributed by atoms with Crippen molar-refractivity contribution in [3.05, 3.63) is 0 Å². The Morgan fingerprint density at radius 3 is 2.80 bits per heavy atom. The molecule has 0 spiro atoms. The molecule has 0 aromatic heterocycles. The van der Waals surface area contributed by atoms with Crippen molar-refractivity contribution in [3.63, 3.8) is 0 Å². The van der Waals surface area contributed by atoms with Crippen molar-refractivity contribution in [2.24, 2.45) is 0 Å². The van der Waals surface area contributed by atoms with Gasteiger partial charge in [-0.25, -0.2) is 0 Å². The molecule has 62 valence electrons. The minimum atomic E-state index is -0.346. The molecule has 0 aromatic rings. The molecule has 4 heteroatoms. The van der Waals surface area contributed by atoms with E-state index in [4.69, 9.17) is 9.16 Å². The van der Waals surface area contributed by atoms with Crippen LogP contribution in [0.1, 0.15) is 19.3 Å². The SMILES string of the molecule is CO[SiH2]C1CCCCO1.[PoH2]. The Hall–Kier alpha value is 1.03. The summed E-state index contributed by atoms with van der Waals surface area (Å²) in [5, 5.41) is 0. The quantitative estimate of drug-likeness (QED) is 0.611. The second kappa shape index (κ2) is 6.73. The van der Waals surface area contributed by atoms with E-state index in [0.717, 1.165) is 6.61 Å². The van der Waals surface area contributed by atoms with Gasteiger partial charge in [0.25, 0.3) is 0 Å². The molecule has 10 heavy (non-hydrogen) atoms. The molecule has 0 bridgehead atoms. The molecule has 1 aliphatic heterocycles. The van der Waals surface area contributed by atoms with E-state index >= 15 is 0 Å². The van der Waals surface area contributed by atoms with E-state index in [0.29, 0.717) is 5.73 Å². The molecule has 0 N–H and O–H groups in total. The Labute approximate surface area is 84.1 Å². The zero-order valence-corrected chi connectivity index (χ0v) is 11.7. The van der Waals surface area contributed by atoms with Crippen LogP contribution in [0.15, 0.2) is 0 Å². The van der Waals surface area contributed by atoms with Crippen LogP contribution in [0, 0.1) is 0 Å². The number of hydrogen-bond acceptors (Lipinski definition) is 2. The summed E-state index contributed by atoms with van der Waals surface area (Å²) in [5.74, 6) is 0. The van der Waals surface area contributed by atoms with Gasteiger partial charge in [-0.05, 0) is 19.3 Å². The van der Waals surface area contributed by atoms with Crippen molar-refractivity contribution in [3.8, 4) is 0 Å². The predicted molar refractivity (Wildman–Crippen MR) is 47.7 cm³/mol. The normalized spacial score (nSPS) is 26.7. The Kier molecular flexibility index (Phi) is 7.42. The maximum atomic E-state index is 5.46. The first-order chi connectivity index (χ1) is 4.43. The summed E-state index contributed by atoms with van der Waals surface area (Å²) in [6, 6.07) is 0. The van der Waals surface area contributed by atoms with Crippen molar-refractivity contribution in [1.29, 1.82) is 0 Å². The molecule has 1 fully saturated rings. The van der Waals surface area contributed by atoms with Gasteiger partial charge in [-0.3, -0.25) is 0 Å². The Morgan fingerprint density at radius 2 is 2.30 bits per heavy atom. The monoisotopic (exact) mass is 357 g/mol. The fraction of sp³-hybridized carbons (Fsp3) is 1.00. The van der Waals surface area contributed by atoms with Crippen LogP contribution in [0.25, 0.3) is 0 Å². The van der Waals surface area contributed by atoms with Crippen LogP contribution in [0.5, 0.6) is 0 Å². The van der Waals surface area contributed by atoms with Crippen LogP contribution in [0.4, 0.5) is 0 Å². The summed E-state index contributed by atoms with van der Waals surface area (Å²) in [6.07, 6.45) is 3.82. The van der Waals surface area contributed by atoms with Gasteiger partial charge in [-0.1, -0.05) is 0 Å². The van der Waals surface area contributed by atoms with E-state index in [-0.39, 0.29) is 36.3 Å². The molecular formula is C6H16O2PoSi. The molecule has 1 saturated heterocycles. The molecule has 1 atom stereocenters. The first-order valence-corrected chi connectivity index (χ1v) is 4.93. The molecule has 0 amide bonds. The van der Waals surface area contributed by atoms with Crippen molar-refractivity contribution in [1.82, 2.24) is 0 Å². The summed E-state index contributed by atoms with van der Waals surface area (Å²) in [5.41, 5.74) is 0.517. The minimum absolute atomic E-state index is 0. The van der Waals surface area contributed by atoms with Gasteiger partial charge in [0.2, 0.25) is 0 Å². The van der Waals surface area contributed by atoms with Gasteiger partial charge in [0.1, 0.15) is 0 Å². The first-order valence-electron chi connectivity index (χ1n) is 3.54. The second-order valence-electron chi connectivity index (χ2n) is 2.44. The zero-order chi connectivity index (χ0) is 6.53. The van der Waals surface area contributed by atoms with Crippen LogP contribution < -0.4 is 0 Å². The van der Waals surface area contributed by atoms with Crippen LogP contribution in [0.3, 0.4) is 0 Å². The molecule has 0 radical (unpaired) electrons. The number of hydrogen-bond donors (Lipinski definition) is 0. The third-order valence-electron chi connectivity index (χ3n) is 1.63. The zero-order valence-electron chi connectivity index (χ0n) is 6.43. The number of rotatable bonds is 2. The third-order valence-corrected chi connectivity index (χ3v) is 2.98. The summed E-state index contributed by atoms with van der Waals surface area (Å²) in [4.78, 5) is 0. The maximum absolute atomic E-state index is 5.46. The molecule has 1 rings (SSSR count). The van der Waals surface area contributed by atoms with E-state index < -0.39 is 0 Å². The standard InChI is InChI=1S/C6H14O2Si.Po.2H/c1-7-9-6-4-2-3-5-8-6;;;/h6H,2-5,9H2,1H3;;;. The average molecular weight is 357 g/mol. The van der Waals surface area contributed by atoms with Crippen molar-refractivity contribution < 1.29 is 9.16 Å². The van der Waals surface area contributed by atoms with Crippen molar-refractivity contribution >= 4 is 36.3 Å².